The number of carbonyl (C=O) groups is 2. The van der Waals surface area contributed by atoms with E-state index >= 15 is 0 Å². The summed E-state index contributed by atoms with van der Waals surface area (Å²) in [5.74, 6) is -1.50. The summed E-state index contributed by atoms with van der Waals surface area (Å²) in [6, 6.07) is 12.7. The molecule has 6 heteroatoms. The maximum absolute atomic E-state index is 11.3. The van der Waals surface area contributed by atoms with E-state index in [4.69, 9.17) is 9.84 Å². The summed E-state index contributed by atoms with van der Waals surface area (Å²) in [4.78, 5) is 22.4. The van der Waals surface area contributed by atoms with Crippen LogP contribution in [0.3, 0.4) is 0 Å². The number of ether oxygens (including phenoxy) is 1. The second-order valence-corrected chi connectivity index (χ2v) is 4.12. The molecule has 2 aromatic carbocycles. The van der Waals surface area contributed by atoms with Crippen molar-refractivity contribution in [1.29, 1.82) is 0 Å². The molecule has 2 rings (SSSR count). The molecule has 0 aromatic heterocycles. The van der Waals surface area contributed by atoms with Crippen molar-refractivity contribution in [3.63, 3.8) is 0 Å². The molecule has 1 N–H and O–H groups in total. The average molecular weight is 296 g/mol. The highest BCUT2D eigenvalue weighted by Gasteiger charge is 2.09. The van der Waals surface area contributed by atoms with Gasteiger partial charge in [-0.15, -0.1) is 10.2 Å². The number of hydrogen-bond acceptors (Lipinski definition) is 5. The standard InChI is InChI=1S/C16H12N2O4/c1-2-15(19)22-14-10-6-5-9-13(14)18-17-12-8-4-3-7-11(12)16(20)21/h2-10H,1H2,(H,20,21). The van der Waals surface area contributed by atoms with Gasteiger partial charge >= 0.3 is 11.9 Å². The van der Waals surface area contributed by atoms with Gasteiger partial charge in [0.2, 0.25) is 0 Å². The molecule has 0 fully saturated rings. The molecule has 22 heavy (non-hydrogen) atoms. The summed E-state index contributed by atoms with van der Waals surface area (Å²) in [5.41, 5.74) is 0.546. The Kier molecular flexibility index (Phi) is 4.77. The second-order valence-electron chi connectivity index (χ2n) is 4.12. The molecule has 6 nitrogen and oxygen atoms in total. The predicted octanol–water partition coefficient (Wildman–Crippen LogP) is 3.89. The third-order valence-corrected chi connectivity index (χ3v) is 2.64. The first kappa shape index (κ1) is 15.1. The quantitative estimate of drug-likeness (QED) is 0.392. The van der Waals surface area contributed by atoms with Crippen LogP contribution in [0.2, 0.25) is 0 Å². The van der Waals surface area contributed by atoms with Crippen LogP contribution in [0.5, 0.6) is 5.75 Å². The molecule has 0 aliphatic heterocycles. The number of aromatic carboxylic acids is 1. The number of azo groups is 1. The molecule has 0 atom stereocenters. The SMILES string of the molecule is C=CC(=O)Oc1ccccc1N=Nc1ccccc1C(=O)O. The van der Waals surface area contributed by atoms with E-state index in [1.165, 1.54) is 12.1 Å². The Morgan fingerprint density at radius 1 is 1.00 bits per heavy atom. The lowest BCUT2D eigenvalue weighted by atomic mass is 10.2. The van der Waals surface area contributed by atoms with E-state index < -0.39 is 11.9 Å². The number of nitrogens with zero attached hydrogens (tertiary/aromatic N) is 2. The zero-order valence-electron chi connectivity index (χ0n) is 11.5. The lowest BCUT2D eigenvalue weighted by Crippen LogP contribution is -2.02. The molecule has 0 spiro atoms. The second kappa shape index (κ2) is 6.94. The molecule has 0 aliphatic rings. The van der Waals surface area contributed by atoms with Crippen LogP contribution in [0.4, 0.5) is 11.4 Å². The van der Waals surface area contributed by atoms with E-state index in [1.54, 1.807) is 36.4 Å². The normalized spacial score (nSPS) is 10.4. The highest BCUT2D eigenvalue weighted by molar-refractivity contribution is 5.93. The minimum absolute atomic E-state index is 0.0341. The van der Waals surface area contributed by atoms with E-state index in [9.17, 15) is 9.59 Å². The van der Waals surface area contributed by atoms with Gasteiger partial charge in [0.15, 0.2) is 5.75 Å². The van der Waals surface area contributed by atoms with Gasteiger partial charge in [-0.2, -0.15) is 0 Å². The number of para-hydroxylation sites is 1. The molecule has 0 heterocycles. The van der Waals surface area contributed by atoms with Crippen LogP contribution in [0, 0.1) is 0 Å². The molecule has 0 unspecified atom stereocenters. The number of benzene rings is 2. The summed E-state index contributed by atoms with van der Waals surface area (Å²) in [6.07, 6.45) is 1.04. The monoisotopic (exact) mass is 296 g/mol. The van der Waals surface area contributed by atoms with Crippen molar-refractivity contribution < 1.29 is 19.4 Å². The Labute approximate surface area is 126 Å². The molecule has 0 aliphatic carbocycles. The lowest BCUT2D eigenvalue weighted by Gasteiger charge is -2.04. The molecule has 0 bridgehead atoms. The zero-order valence-corrected chi connectivity index (χ0v) is 11.5. The summed E-state index contributed by atoms with van der Waals surface area (Å²) in [5, 5.41) is 17.0. The largest absolute Gasteiger partial charge is 0.478 e. The molecule has 0 radical (unpaired) electrons. The Hall–Kier alpha value is -3.28. The van der Waals surface area contributed by atoms with Crippen molar-refractivity contribution in [2.45, 2.75) is 0 Å². The molecule has 2 aromatic rings. The summed E-state index contributed by atoms with van der Waals surface area (Å²) in [7, 11) is 0. The van der Waals surface area contributed by atoms with Crippen LogP contribution < -0.4 is 4.74 Å². The fourth-order valence-electron chi connectivity index (χ4n) is 1.63. The van der Waals surface area contributed by atoms with Crippen molar-refractivity contribution in [3.8, 4) is 5.75 Å². The average Bonchev–Trinajstić information content (AvgIpc) is 2.54. The molecule has 110 valence electrons. The van der Waals surface area contributed by atoms with Crippen LogP contribution in [-0.4, -0.2) is 17.0 Å². The maximum atomic E-state index is 11.3. The Morgan fingerprint density at radius 2 is 1.59 bits per heavy atom. The van der Waals surface area contributed by atoms with Gasteiger partial charge in [0, 0.05) is 6.08 Å². The van der Waals surface area contributed by atoms with Crippen molar-refractivity contribution in [2.75, 3.05) is 0 Å². The zero-order chi connectivity index (χ0) is 15.9. The number of carboxylic acid groups (broad SMARTS) is 1. The van der Waals surface area contributed by atoms with E-state index in [0.29, 0.717) is 5.69 Å². The number of esters is 1. The smallest absolute Gasteiger partial charge is 0.337 e. The van der Waals surface area contributed by atoms with Crippen LogP contribution in [0.1, 0.15) is 10.4 Å². The van der Waals surface area contributed by atoms with Gasteiger partial charge in [-0.3, -0.25) is 0 Å². The predicted molar refractivity (Wildman–Crippen MR) is 79.9 cm³/mol. The molecular weight excluding hydrogens is 284 g/mol. The Bertz CT molecular complexity index is 753. The number of carboxylic acids is 1. The topological polar surface area (TPSA) is 88.3 Å². The minimum atomic E-state index is -1.10. The maximum Gasteiger partial charge on any atom is 0.337 e. The fourth-order valence-corrected chi connectivity index (χ4v) is 1.63. The molecular formula is C16H12N2O4. The molecule has 0 amide bonds. The number of carbonyl (C=O) groups excluding carboxylic acids is 1. The first-order chi connectivity index (χ1) is 10.6. The van der Waals surface area contributed by atoms with Gasteiger partial charge in [-0.1, -0.05) is 30.8 Å². The van der Waals surface area contributed by atoms with Crippen LogP contribution in [0.15, 0.2) is 71.4 Å². The van der Waals surface area contributed by atoms with E-state index in [-0.39, 0.29) is 17.0 Å². The summed E-state index contributed by atoms with van der Waals surface area (Å²) >= 11 is 0. The highest BCUT2D eigenvalue weighted by Crippen LogP contribution is 2.29. The van der Waals surface area contributed by atoms with Crippen LogP contribution in [0.25, 0.3) is 0 Å². The van der Waals surface area contributed by atoms with Gasteiger partial charge in [-0.05, 0) is 24.3 Å². The van der Waals surface area contributed by atoms with Gasteiger partial charge < -0.3 is 9.84 Å². The van der Waals surface area contributed by atoms with Gasteiger partial charge in [-0.25, -0.2) is 9.59 Å². The fraction of sp³-hybridized carbons (Fsp3) is 0. The van der Waals surface area contributed by atoms with Crippen molar-refractivity contribution in [2.24, 2.45) is 10.2 Å². The van der Waals surface area contributed by atoms with E-state index in [2.05, 4.69) is 16.8 Å². The van der Waals surface area contributed by atoms with E-state index in [1.807, 2.05) is 0 Å². The van der Waals surface area contributed by atoms with Crippen LogP contribution in [-0.2, 0) is 4.79 Å². The highest BCUT2D eigenvalue weighted by atomic mass is 16.5. The van der Waals surface area contributed by atoms with Gasteiger partial charge in [0.1, 0.15) is 11.4 Å². The Morgan fingerprint density at radius 3 is 2.27 bits per heavy atom. The van der Waals surface area contributed by atoms with Crippen molar-refractivity contribution >= 4 is 23.3 Å². The lowest BCUT2D eigenvalue weighted by molar-refractivity contribution is -0.128. The minimum Gasteiger partial charge on any atom is -0.478 e. The third-order valence-electron chi connectivity index (χ3n) is 2.64. The van der Waals surface area contributed by atoms with Crippen molar-refractivity contribution in [1.82, 2.24) is 0 Å². The number of hydrogen-bond donors (Lipinski definition) is 1. The van der Waals surface area contributed by atoms with E-state index in [0.717, 1.165) is 6.08 Å². The first-order valence-electron chi connectivity index (χ1n) is 6.29. The summed E-state index contributed by atoms with van der Waals surface area (Å²) in [6.45, 7) is 3.32. The molecule has 0 saturated carbocycles. The van der Waals surface area contributed by atoms with Gasteiger partial charge in [0.25, 0.3) is 0 Å². The van der Waals surface area contributed by atoms with Crippen molar-refractivity contribution in [3.05, 3.63) is 66.7 Å². The molecule has 0 saturated heterocycles. The first-order valence-corrected chi connectivity index (χ1v) is 6.29. The Balaban J connectivity index is 2.33. The van der Waals surface area contributed by atoms with Crippen LogP contribution >= 0.6 is 0 Å². The summed E-state index contributed by atoms with van der Waals surface area (Å²) < 4.78 is 5.03. The number of rotatable bonds is 5. The van der Waals surface area contributed by atoms with Gasteiger partial charge in [0.05, 0.1) is 5.56 Å². The third kappa shape index (κ3) is 3.63.